The van der Waals surface area contributed by atoms with Gasteiger partial charge in [0.05, 0.1) is 18.5 Å². The van der Waals surface area contributed by atoms with E-state index in [2.05, 4.69) is 10.1 Å². The molecule has 0 N–H and O–H groups in total. The molecule has 2 aromatic carbocycles. The van der Waals surface area contributed by atoms with Crippen molar-refractivity contribution >= 4 is 21.6 Å². The highest BCUT2D eigenvalue weighted by Crippen LogP contribution is 2.22. The van der Waals surface area contributed by atoms with E-state index in [0.717, 1.165) is 17.4 Å². The van der Waals surface area contributed by atoms with E-state index < -0.39 is 16.1 Å². The Morgan fingerprint density at radius 1 is 1.15 bits per heavy atom. The molecule has 0 fully saturated rings. The molecule has 33 heavy (non-hydrogen) atoms. The van der Waals surface area contributed by atoms with Crippen LogP contribution in [0.3, 0.4) is 0 Å². The lowest BCUT2D eigenvalue weighted by Gasteiger charge is -2.23. The first-order chi connectivity index (χ1) is 15.6. The SMILES string of the molecule is CC[C@@H](Oc1ccc(N(C)S(C)(=O)=O)cc1)C(=O)N(C)Cc1nc(-c2cccc(C)c2)no1. The van der Waals surface area contributed by atoms with Crippen LogP contribution in [0.4, 0.5) is 5.69 Å². The van der Waals surface area contributed by atoms with Crippen LogP contribution in [-0.4, -0.2) is 55.8 Å². The van der Waals surface area contributed by atoms with Gasteiger partial charge in [0, 0.05) is 19.7 Å². The minimum absolute atomic E-state index is 0.148. The van der Waals surface area contributed by atoms with E-state index in [9.17, 15) is 13.2 Å². The summed E-state index contributed by atoms with van der Waals surface area (Å²) in [5, 5.41) is 4.01. The Hall–Kier alpha value is -3.40. The highest BCUT2D eigenvalue weighted by Gasteiger charge is 2.24. The number of carbonyl (C=O) groups is 1. The Morgan fingerprint density at radius 3 is 2.45 bits per heavy atom. The number of amides is 1. The van der Waals surface area contributed by atoms with Crippen LogP contribution in [0.15, 0.2) is 53.1 Å². The molecule has 3 aromatic rings. The molecule has 1 heterocycles. The maximum atomic E-state index is 12.9. The van der Waals surface area contributed by atoms with Gasteiger partial charge in [-0.2, -0.15) is 4.98 Å². The van der Waals surface area contributed by atoms with E-state index in [0.29, 0.717) is 29.6 Å². The van der Waals surface area contributed by atoms with Crippen molar-refractivity contribution in [3.63, 3.8) is 0 Å². The van der Waals surface area contributed by atoms with Crippen LogP contribution >= 0.6 is 0 Å². The summed E-state index contributed by atoms with van der Waals surface area (Å²) < 4.78 is 35.7. The van der Waals surface area contributed by atoms with Crippen LogP contribution in [0, 0.1) is 6.92 Å². The van der Waals surface area contributed by atoms with Crippen molar-refractivity contribution in [2.24, 2.45) is 0 Å². The lowest BCUT2D eigenvalue weighted by molar-refractivity contribution is -0.138. The van der Waals surface area contributed by atoms with Gasteiger partial charge in [0.15, 0.2) is 6.10 Å². The number of carbonyl (C=O) groups excluding carboxylic acids is 1. The first kappa shape index (κ1) is 24.2. The number of benzene rings is 2. The van der Waals surface area contributed by atoms with Gasteiger partial charge in [-0.05, 0) is 43.7 Å². The topological polar surface area (TPSA) is 106 Å². The highest BCUT2D eigenvalue weighted by atomic mass is 32.2. The fourth-order valence-corrected chi connectivity index (χ4v) is 3.65. The summed E-state index contributed by atoms with van der Waals surface area (Å²) in [5.74, 6) is 1.03. The van der Waals surface area contributed by atoms with Gasteiger partial charge in [0.1, 0.15) is 5.75 Å². The summed E-state index contributed by atoms with van der Waals surface area (Å²) in [7, 11) is -0.237. The molecule has 0 bridgehead atoms. The molecule has 0 aliphatic heterocycles. The Balaban J connectivity index is 1.64. The number of rotatable bonds is 9. The van der Waals surface area contributed by atoms with Gasteiger partial charge >= 0.3 is 0 Å². The molecule has 9 nitrogen and oxygen atoms in total. The number of aromatic nitrogens is 2. The van der Waals surface area contributed by atoms with Gasteiger partial charge in [0.25, 0.3) is 5.91 Å². The molecule has 0 aliphatic carbocycles. The summed E-state index contributed by atoms with van der Waals surface area (Å²) in [6, 6.07) is 14.3. The Morgan fingerprint density at radius 2 is 1.85 bits per heavy atom. The molecule has 0 saturated carbocycles. The lowest BCUT2D eigenvalue weighted by atomic mass is 10.1. The van der Waals surface area contributed by atoms with Gasteiger partial charge in [-0.15, -0.1) is 0 Å². The number of likely N-dealkylation sites (N-methyl/N-ethyl adjacent to an activating group) is 1. The number of aryl methyl sites for hydroxylation is 1. The van der Waals surface area contributed by atoms with Gasteiger partial charge < -0.3 is 14.2 Å². The quantitative estimate of drug-likeness (QED) is 0.471. The molecular weight excluding hydrogens is 444 g/mol. The maximum absolute atomic E-state index is 12.9. The van der Waals surface area contributed by atoms with Crippen LogP contribution < -0.4 is 9.04 Å². The number of ether oxygens (including phenoxy) is 1. The van der Waals surface area contributed by atoms with Crippen molar-refractivity contribution in [1.29, 1.82) is 0 Å². The molecule has 0 saturated heterocycles. The van der Waals surface area contributed by atoms with Crippen molar-refractivity contribution in [2.45, 2.75) is 32.9 Å². The number of anilines is 1. The first-order valence-electron chi connectivity index (χ1n) is 10.4. The van der Waals surface area contributed by atoms with Crippen molar-refractivity contribution in [2.75, 3.05) is 24.7 Å². The van der Waals surface area contributed by atoms with Crippen molar-refractivity contribution in [1.82, 2.24) is 15.0 Å². The maximum Gasteiger partial charge on any atom is 0.263 e. The molecule has 0 spiro atoms. The minimum Gasteiger partial charge on any atom is -0.481 e. The normalized spacial score (nSPS) is 12.3. The van der Waals surface area contributed by atoms with Crippen LogP contribution in [0.5, 0.6) is 5.75 Å². The second-order valence-corrected chi connectivity index (χ2v) is 9.83. The first-order valence-corrected chi connectivity index (χ1v) is 12.3. The van der Waals surface area contributed by atoms with Crippen molar-refractivity contribution in [3.05, 3.63) is 60.0 Å². The van der Waals surface area contributed by atoms with Crippen LogP contribution in [0.2, 0.25) is 0 Å². The van der Waals surface area contributed by atoms with E-state index in [-0.39, 0.29) is 12.5 Å². The van der Waals surface area contributed by atoms with E-state index in [4.69, 9.17) is 9.26 Å². The predicted molar refractivity (Wildman–Crippen MR) is 125 cm³/mol. The monoisotopic (exact) mass is 472 g/mol. The molecule has 10 heteroatoms. The molecule has 3 rings (SSSR count). The number of hydrogen-bond acceptors (Lipinski definition) is 7. The molecule has 1 atom stereocenters. The lowest BCUT2D eigenvalue weighted by Crippen LogP contribution is -2.39. The van der Waals surface area contributed by atoms with Gasteiger partial charge in [-0.25, -0.2) is 8.42 Å². The van der Waals surface area contributed by atoms with E-state index >= 15 is 0 Å². The smallest absolute Gasteiger partial charge is 0.263 e. The predicted octanol–water partition coefficient (Wildman–Crippen LogP) is 3.26. The zero-order chi connectivity index (χ0) is 24.2. The fraction of sp³-hybridized carbons (Fsp3) is 0.348. The molecule has 0 unspecified atom stereocenters. The second kappa shape index (κ2) is 10.0. The number of hydrogen-bond donors (Lipinski definition) is 0. The largest absolute Gasteiger partial charge is 0.481 e. The number of nitrogens with zero attached hydrogens (tertiary/aromatic N) is 4. The average Bonchev–Trinajstić information content (AvgIpc) is 3.24. The summed E-state index contributed by atoms with van der Waals surface area (Å²) in [6.07, 6.45) is 0.867. The molecule has 1 amide bonds. The molecule has 1 aromatic heterocycles. The summed E-state index contributed by atoms with van der Waals surface area (Å²) >= 11 is 0. The molecule has 176 valence electrons. The molecular formula is C23H28N4O5S. The van der Waals surface area contributed by atoms with E-state index in [1.807, 2.05) is 38.1 Å². The molecule has 0 radical (unpaired) electrons. The minimum atomic E-state index is -3.36. The van der Waals surface area contributed by atoms with Crippen LogP contribution in [-0.2, 0) is 21.4 Å². The van der Waals surface area contributed by atoms with Crippen molar-refractivity contribution in [3.8, 4) is 17.1 Å². The zero-order valence-electron chi connectivity index (χ0n) is 19.3. The van der Waals surface area contributed by atoms with Crippen molar-refractivity contribution < 1.29 is 22.5 Å². The van der Waals surface area contributed by atoms with Gasteiger partial charge in [0.2, 0.25) is 21.7 Å². The summed E-state index contributed by atoms with van der Waals surface area (Å²) in [4.78, 5) is 18.8. The number of sulfonamides is 1. The van der Waals surface area contributed by atoms with Crippen LogP contribution in [0.25, 0.3) is 11.4 Å². The highest BCUT2D eigenvalue weighted by molar-refractivity contribution is 7.92. The summed E-state index contributed by atoms with van der Waals surface area (Å²) in [5.41, 5.74) is 2.44. The zero-order valence-corrected chi connectivity index (χ0v) is 20.2. The Kier molecular flexibility index (Phi) is 7.37. The Labute approximate surface area is 194 Å². The average molecular weight is 473 g/mol. The van der Waals surface area contributed by atoms with Gasteiger partial charge in [-0.3, -0.25) is 9.10 Å². The Bertz CT molecular complexity index is 1210. The van der Waals surface area contributed by atoms with E-state index in [1.165, 1.54) is 16.3 Å². The third kappa shape index (κ3) is 6.10. The fourth-order valence-electron chi connectivity index (χ4n) is 3.15. The third-order valence-electron chi connectivity index (χ3n) is 5.12. The standard InChI is InChI=1S/C23H28N4O5S/c1-6-20(31-19-12-10-18(11-13-19)27(4)33(5,29)30)23(28)26(3)15-21-24-22(25-32-21)17-9-7-8-16(2)14-17/h7-14,20H,6,15H2,1-5H3/t20-/m1/s1. The molecule has 0 aliphatic rings. The summed E-state index contributed by atoms with van der Waals surface area (Å²) in [6.45, 7) is 3.99. The van der Waals surface area contributed by atoms with Gasteiger partial charge in [-0.1, -0.05) is 35.8 Å². The van der Waals surface area contributed by atoms with Crippen LogP contribution in [0.1, 0.15) is 24.8 Å². The second-order valence-electron chi connectivity index (χ2n) is 7.81. The third-order valence-corrected chi connectivity index (χ3v) is 6.32. The van der Waals surface area contributed by atoms with E-state index in [1.54, 1.807) is 31.3 Å².